The highest BCUT2D eigenvalue weighted by Crippen LogP contribution is 2.29. The highest BCUT2D eigenvalue weighted by Gasteiger charge is 2.22. The molecule has 1 N–H and O–H groups in total. The minimum atomic E-state index is -1.17. The van der Waals surface area contributed by atoms with Gasteiger partial charge < -0.3 is 14.8 Å². The zero-order chi connectivity index (χ0) is 27.7. The van der Waals surface area contributed by atoms with Crippen LogP contribution in [-0.4, -0.2) is 24.7 Å². The van der Waals surface area contributed by atoms with Gasteiger partial charge in [0.1, 0.15) is 11.5 Å². The number of urea groups is 1. The van der Waals surface area contributed by atoms with Gasteiger partial charge in [-0.3, -0.25) is 4.84 Å². The Bertz CT molecular complexity index is 1310. The molecule has 37 heavy (non-hydrogen) atoms. The Morgan fingerprint density at radius 1 is 0.676 bits per heavy atom. The normalized spacial score (nSPS) is 9.95. The molecule has 0 radical (unpaired) electrons. The molecule has 0 saturated heterocycles. The van der Waals surface area contributed by atoms with E-state index in [1.54, 1.807) is 0 Å². The Hall–Kier alpha value is -2.30. The number of anilines is 1. The molecule has 196 valence electrons. The number of hydrogen-bond donors (Lipinski definition) is 1. The van der Waals surface area contributed by atoms with E-state index < -0.39 is 17.6 Å². The average Bonchev–Trinajstić information content (AvgIpc) is 2.83. The lowest BCUT2D eigenvalue weighted by Crippen LogP contribution is -2.40. The molecular weight excluding hydrogens is 636 g/mol. The van der Waals surface area contributed by atoms with E-state index in [0.29, 0.717) is 20.1 Å². The summed E-state index contributed by atoms with van der Waals surface area (Å²) in [6.45, 7) is 0. The van der Waals surface area contributed by atoms with Gasteiger partial charge in [0.05, 0.1) is 35.8 Å². The highest BCUT2D eigenvalue weighted by molar-refractivity contribution is 6.61. The number of benzene rings is 3. The Morgan fingerprint density at radius 2 is 1.14 bits per heavy atom. The number of ether oxygens (including phenoxy) is 2. The van der Waals surface area contributed by atoms with Crippen molar-refractivity contribution in [3.8, 4) is 11.5 Å². The van der Waals surface area contributed by atoms with Gasteiger partial charge in [0.25, 0.3) is 0 Å². The molecule has 0 aliphatic heterocycles. The molecule has 0 aromatic heterocycles. The van der Waals surface area contributed by atoms with Gasteiger partial charge in [0, 0.05) is 30.8 Å². The van der Waals surface area contributed by atoms with Gasteiger partial charge in [0.15, 0.2) is 0 Å². The molecule has 0 aliphatic carbocycles. The molecule has 2 amide bonds. The van der Waals surface area contributed by atoms with Crippen molar-refractivity contribution in [2.45, 2.75) is 0 Å². The maximum absolute atomic E-state index is 12.0. The van der Waals surface area contributed by atoms with Gasteiger partial charge in [-0.15, -0.1) is 5.06 Å². The summed E-state index contributed by atoms with van der Waals surface area (Å²) in [5, 5.41) is 4.64. The largest absolute Gasteiger partial charge is 0.539 e. The molecule has 3 aromatic rings. The molecule has 0 heterocycles. The molecule has 0 bridgehead atoms. The zero-order valence-corrected chi connectivity index (χ0v) is 23.5. The minimum absolute atomic E-state index is 0.0883. The summed E-state index contributed by atoms with van der Waals surface area (Å²) in [6, 6.07) is 12.1. The number of carbonyl (C=O) groups is 3. The first-order chi connectivity index (χ1) is 17.4. The number of halogens is 7. The number of hydroxylamine groups is 1. The molecule has 0 fully saturated rings. The van der Waals surface area contributed by atoms with Crippen molar-refractivity contribution in [1.29, 1.82) is 0 Å². The first kappa shape index (κ1) is 30.9. The Morgan fingerprint density at radius 3 is 1.57 bits per heavy atom. The molecule has 0 spiro atoms. The third-order valence-electron chi connectivity index (χ3n) is 3.88. The van der Waals surface area contributed by atoms with E-state index in [2.05, 4.69) is 10.1 Å². The van der Waals surface area contributed by atoms with E-state index in [1.807, 2.05) is 0 Å². The van der Waals surface area contributed by atoms with Gasteiger partial charge in [-0.25, -0.2) is 14.4 Å². The predicted octanol–water partition coefficient (Wildman–Crippen LogP) is 9.31. The first-order valence-corrected chi connectivity index (χ1v) is 12.2. The van der Waals surface area contributed by atoms with E-state index >= 15 is 0 Å². The van der Waals surface area contributed by atoms with Crippen LogP contribution in [0.15, 0.2) is 54.6 Å². The van der Waals surface area contributed by atoms with Crippen LogP contribution in [0.4, 0.5) is 20.1 Å². The van der Waals surface area contributed by atoms with Crippen LogP contribution in [-0.2, 0) is 4.84 Å². The molecular formula is C22H13Cl7N2O6. The molecule has 15 heteroatoms. The summed E-state index contributed by atoms with van der Waals surface area (Å²) >= 11 is 39.6. The lowest BCUT2D eigenvalue weighted by atomic mass is 10.3. The van der Waals surface area contributed by atoms with E-state index in [9.17, 15) is 14.4 Å². The van der Waals surface area contributed by atoms with Crippen molar-refractivity contribution in [1.82, 2.24) is 5.32 Å². The maximum atomic E-state index is 12.0. The summed E-state index contributed by atoms with van der Waals surface area (Å²) in [6.07, 6.45) is -1.17. The van der Waals surface area contributed by atoms with Crippen LogP contribution in [0.25, 0.3) is 0 Å². The van der Waals surface area contributed by atoms with Crippen molar-refractivity contribution in [2.24, 2.45) is 0 Å². The van der Waals surface area contributed by atoms with Crippen molar-refractivity contribution in [3.63, 3.8) is 0 Å². The number of carbonyl (C=O) groups excluding carboxylic acids is 3. The number of rotatable bonds is 3. The fourth-order valence-electron chi connectivity index (χ4n) is 2.29. The van der Waals surface area contributed by atoms with E-state index in [4.69, 9.17) is 90.8 Å². The number of nitrogens with one attached hydrogen (secondary N) is 1. The second kappa shape index (κ2) is 14.6. The lowest BCUT2D eigenvalue weighted by Gasteiger charge is -2.20. The van der Waals surface area contributed by atoms with Crippen LogP contribution in [0.2, 0.25) is 30.1 Å². The average molecular weight is 650 g/mol. The maximum Gasteiger partial charge on any atom is 0.539 e. The van der Waals surface area contributed by atoms with E-state index in [-0.39, 0.29) is 32.3 Å². The molecule has 0 unspecified atom stereocenters. The van der Waals surface area contributed by atoms with Crippen LogP contribution in [0.5, 0.6) is 11.5 Å². The quantitative estimate of drug-likeness (QED) is 0.132. The molecule has 0 atom stereocenters. The minimum Gasteiger partial charge on any atom is -0.414 e. The highest BCUT2D eigenvalue weighted by atomic mass is 35.5. The van der Waals surface area contributed by atoms with Crippen LogP contribution < -0.4 is 19.9 Å². The fourth-order valence-corrected chi connectivity index (χ4v) is 3.24. The Balaban J connectivity index is 0.000000335. The third-order valence-corrected chi connectivity index (χ3v) is 6.18. The van der Waals surface area contributed by atoms with Gasteiger partial charge in [-0.1, -0.05) is 69.6 Å². The standard InChI is InChI=1S/C15H10Cl4N2O4.C7H3Cl3O2/c1-20-14(22)21(8-2-4-10(16)12(18)6-8)25-15(23)24-9-3-5-11(17)13(19)7-9;8-5-2-1-4(3-6(5)9)12-7(10)11/h2-7H,1H3,(H,20,22);1-3H. The Labute approximate surface area is 245 Å². The van der Waals surface area contributed by atoms with Gasteiger partial charge >= 0.3 is 17.6 Å². The first-order valence-electron chi connectivity index (χ1n) is 9.55. The lowest BCUT2D eigenvalue weighted by molar-refractivity contribution is 0.0928. The van der Waals surface area contributed by atoms with Crippen molar-refractivity contribution in [3.05, 3.63) is 84.7 Å². The molecule has 3 aromatic carbocycles. The van der Waals surface area contributed by atoms with Crippen molar-refractivity contribution >= 4 is 105 Å². The van der Waals surface area contributed by atoms with Gasteiger partial charge in [0.2, 0.25) is 0 Å². The summed E-state index contributed by atoms with van der Waals surface area (Å²) in [5.41, 5.74) is -0.742. The summed E-state index contributed by atoms with van der Waals surface area (Å²) in [4.78, 5) is 39.1. The van der Waals surface area contributed by atoms with Crippen LogP contribution in [0.1, 0.15) is 0 Å². The predicted molar refractivity (Wildman–Crippen MR) is 145 cm³/mol. The monoisotopic (exact) mass is 646 g/mol. The number of nitrogens with zero attached hydrogens (tertiary/aromatic N) is 1. The van der Waals surface area contributed by atoms with Gasteiger partial charge in [-0.2, -0.15) is 0 Å². The van der Waals surface area contributed by atoms with Gasteiger partial charge in [-0.05, 0) is 42.5 Å². The molecule has 3 rings (SSSR count). The molecule has 0 saturated carbocycles. The second-order valence-electron chi connectivity index (χ2n) is 6.38. The van der Waals surface area contributed by atoms with Crippen molar-refractivity contribution < 1.29 is 28.7 Å². The van der Waals surface area contributed by atoms with E-state index in [0.717, 1.165) is 0 Å². The zero-order valence-electron chi connectivity index (χ0n) is 18.2. The number of amides is 2. The summed E-state index contributed by atoms with van der Waals surface area (Å²) < 4.78 is 9.50. The third kappa shape index (κ3) is 9.83. The van der Waals surface area contributed by atoms with Crippen LogP contribution >= 0.6 is 81.2 Å². The second-order valence-corrected chi connectivity index (χ2v) is 9.13. The molecule has 0 aliphatic rings. The van der Waals surface area contributed by atoms with Crippen molar-refractivity contribution in [2.75, 3.05) is 12.1 Å². The Kier molecular flexibility index (Phi) is 12.2. The SMILES string of the molecule is CNC(=O)N(OC(=O)Oc1ccc(Cl)c(Cl)c1)c1ccc(Cl)c(Cl)c1.O=C(Cl)Oc1ccc(Cl)c(Cl)c1. The summed E-state index contributed by atoms with van der Waals surface area (Å²) in [7, 11) is 1.36. The number of hydrogen-bond acceptors (Lipinski definition) is 6. The summed E-state index contributed by atoms with van der Waals surface area (Å²) in [5.74, 6) is 0.356. The van der Waals surface area contributed by atoms with Crippen LogP contribution in [0, 0.1) is 0 Å². The molecule has 8 nitrogen and oxygen atoms in total. The smallest absolute Gasteiger partial charge is 0.414 e. The topological polar surface area (TPSA) is 94.2 Å². The fraction of sp³-hybridized carbons (Fsp3) is 0.0455. The van der Waals surface area contributed by atoms with Crippen LogP contribution in [0.3, 0.4) is 0 Å². The van der Waals surface area contributed by atoms with E-state index in [1.165, 1.54) is 61.6 Å².